The van der Waals surface area contributed by atoms with Crippen molar-refractivity contribution in [3.8, 4) is 0 Å². The number of hydrogen-bond donors (Lipinski definition) is 1. The average molecular weight is 339 g/mol. The zero-order valence-electron chi connectivity index (χ0n) is 14.1. The summed E-state index contributed by atoms with van der Waals surface area (Å²) in [6, 6.07) is 0. The number of carbonyl (C=O) groups excluding carboxylic acids is 2. The van der Waals surface area contributed by atoms with Gasteiger partial charge >= 0.3 is 0 Å². The Kier molecular flexibility index (Phi) is 3.53. The van der Waals surface area contributed by atoms with Crippen LogP contribution in [0.15, 0.2) is 0 Å². The predicted molar refractivity (Wildman–Crippen MR) is 88.2 cm³/mol. The second kappa shape index (κ2) is 5.05. The summed E-state index contributed by atoms with van der Waals surface area (Å²) in [5, 5.41) is 10.2. The number of aliphatic hydroxyl groups is 1. The van der Waals surface area contributed by atoms with Gasteiger partial charge in [0.15, 0.2) is 0 Å². The number of rotatable bonds is 0. The molecule has 0 saturated heterocycles. The molecule has 0 bridgehead atoms. The molecular weight excluding hydrogens is 312 g/mol. The topological polar surface area (TPSA) is 54.4 Å². The van der Waals surface area contributed by atoms with Gasteiger partial charge in [-0.15, -0.1) is 11.6 Å². The van der Waals surface area contributed by atoms with Crippen LogP contribution in [-0.4, -0.2) is 28.2 Å². The zero-order valence-corrected chi connectivity index (χ0v) is 14.8. The largest absolute Gasteiger partial charge is 0.393 e. The smallest absolute Gasteiger partial charge is 0.141 e. The van der Waals surface area contributed by atoms with E-state index in [0.717, 1.165) is 25.7 Å². The fraction of sp³-hybridized carbons (Fsp3) is 0.895. The maximum atomic E-state index is 13.0. The third-order valence-corrected chi connectivity index (χ3v) is 8.33. The van der Waals surface area contributed by atoms with Gasteiger partial charge in [-0.2, -0.15) is 0 Å². The predicted octanol–water partition coefficient (Wildman–Crippen LogP) is 3.36. The highest BCUT2D eigenvalue weighted by atomic mass is 35.5. The monoisotopic (exact) mass is 338 g/mol. The van der Waals surface area contributed by atoms with E-state index in [1.165, 1.54) is 0 Å². The van der Waals surface area contributed by atoms with Crippen LogP contribution < -0.4 is 0 Å². The van der Waals surface area contributed by atoms with Crippen molar-refractivity contribution in [2.45, 2.75) is 70.3 Å². The summed E-state index contributed by atoms with van der Waals surface area (Å²) in [6.07, 6.45) is 4.75. The number of fused-ring (bicyclic) bond motifs is 5. The first kappa shape index (κ1) is 16.1. The van der Waals surface area contributed by atoms with Crippen LogP contribution >= 0.6 is 11.6 Å². The van der Waals surface area contributed by atoms with Crippen molar-refractivity contribution in [2.24, 2.45) is 34.5 Å². The van der Waals surface area contributed by atoms with Gasteiger partial charge in [-0.1, -0.05) is 13.8 Å². The molecule has 0 aromatic heterocycles. The minimum atomic E-state index is -0.558. The highest BCUT2D eigenvalue weighted by Crippen LogP contribution is 2.65. The van der Waals surface area contributed by atoms with Gasteiger partial charge < -0.3 is 5.11 Å². The van der Waals surface area contributed by atoms with Gasteiger partial charge in [0.1, 0.15) is 11.6 Å². The van der Waals surface area contributed by atoms with Crippen molar-refractivity contribution in [1.29, 1.82) is 0 Å². The number of ketones is 2. The van der Waals surface area contributed by atoms with Crippen LogP contribution in [0.2, 0.25) is 0 Å². The van der Waals surface area contributed by atoms with Crippen LogP contribution in [0.1, 0.15) is 58.8 Å². The van der Waals surface area contributed by atoms with E-state index in [9.17, 15) is 14.7 Å². The molecule has 0 spiro atoms. The second-order valence-electron chi connectivity index (χ2n) is 9.14. The number of halogens is 1. The molecule has 0 amide bonds. The molecule has 4 heteroatoms. The number of alkyl halides is 1. The number of aliphatic hydroxyl groups excluding tert-OH is 1. The fourth-order valence-corrected chi connectivity index (χ4v) is 7.28. The maximum absolute atomic E-state index is 13.0. The van der Waals surface area contributed by atoms with Crippen molar-refractivity contribution in [1.82, 2.24) is 0 Å². The molecule has 23 heavy (non-hydrogen) atoms. The van der Waals surface area contributed by atoms with E-state index in [-0.39, 0.29) is 40.7 Å². The van der Waals surface area contributed by atoms with Crippen molar-refractivity contribution in [3.05, 3.63) is 0 Å². The van der Waals surface area contributed by atoms with Gasteiger partial charge in [-0.3, -0.25) is 9.59 Å². The molecule has 0 heterocycles. The van der Waals surface area contributed by atoms with Gasteiger partial charge in [0.05, 0.1) is 6.10 Å². The van der Waals surface area contributed by atoms with Crippen LogP contribution in [0.25, 0.3) is 0 Å². The van der Waals surface area contributed by atoms with Gasteiger partial charge in [-0.05, 0) is 55.3 Å². The Balaban J connectivity index is 1.73. The molecule has 3 nitrogen and oxygen atoms in total. The first-order valence-corrected chi connectivity index (χ1v) is 9.57. The summed E-state index contributed by atoms with van der Waals surface area (Å²) in [6.45, 7) is 4.39. The van der Waals surface area contributed by atoms with Crippen molar-refractivity contribution in [3.63, 3.8) is 0 Å². The summed E-state index contributed by atoms with van der Waals surface area (Å²) in [5.74, 6) is 1.07. The standard InChI is InChI=1S/C19H27ClO3/c1-18-4-3-13-17(14(18)7-11(20)9-18)15(22)6-10-5-12(21)8-16(23)19(10,13)2/h10-14,17,21H,3-9H2,1-2H3/t10?,11?,12?,13-,14+,17-,18-,19+/m1/s1. The molecule has 4 aliphatic rings. The summed E-state index contributed by atoms with van der Waals surface area (Å²) < 4.78 is 0. The minimum absolute atomic E-state index is 0.0120. The molecule has 3 unspecified atom stereocenters. The number of hydrogen-bond acceptors (Lipinski definition) is 3. The molecule has 4 aliphatic carbocycles. The number of Topliss-reactive ketones (excluding diaryl/α,β-unsaturated/α-hetero) is 2. The normalized spacial score (nSPS) is 56.0. The van der Waals surface area contributed by atoms with Gasteiger partial charge in [0.25, 0.3) is 0 Å². The van der Waals surface area contributed by atoms with Crippen molar-refractivity contribution < 1.29 is 14.7 Å². The Morgan fingerprint density at radius 3 is 2.61 bits per heavy atom. The Morgan fingerprint density at radius 1 is 1.13 bits per heavy atom. The average Bonchev–Trinajstić information content (AvgIpc) is 2.76. The zero-order chi connectivity index (χ0) is 16.6. The van der Waals surface area contributed by atoms with E-state index >= 15 is 0 Å². The molecule has 0 radical (unpaired) electrons. The van der Waals surface area contributed by atoms with Gasteiger partial charge in [0, 0.05) is 29.6 Å². The van der Waals surface area contributed by atoms with Crippen molar-refractivity contribution in [2.75, 3.05) is 0 Å². The SMILES string of the molecule is C[C@]12CC[C@@H]3[C@@H](C(=O)CC4CC(O)CC(=O)[C@@]43C)[C@@H]1CC(Cl)C2. The molecule has 0 aromatic carbocycles. The molecular formula is C19H27ClO3. The van der Waals surface area contributed by atoms with Crippen LogP contribution in [-0.2, 0) is 9.59 Å². The van der Waals surface area contributed by atoms with Gasteiger partial charge in [-0.25, -0.2) is 0 Å². The fourth-order valence-electron chi connectivity index (χ4n) is 6.74. The van der Waals surface area contributed by atoms with Crippen LogP contribution in [0.3, 0.4) is 0 Å². The Bertz CT molecular complexity index is 561. The van der Waals surface area contributed by atoms with Crippen LogP contribution in [0.5, 0.6) is 0 Å². The molecule has 128 valence electrons. The van der Waals surface area contributed by atoms with Crippen LogP contribution in [0, 0.1) is 34.5 Å². The molecule has 1 N–H and O–H groups in total. The lowest BCUT2D eigenvalue weighted by molar-refractivity contribution is -0.168. The third kappa shape index (κ3) is 2.12. The molecule has 0 aromatic rings. The molecule has 4 rings (SSSR count). The van der Waals surface area contributed by atoms with E-state index in [2.05, 4.69) is 13.8 Å². The third-order valence-electron chi connectivity index (χ3n) is 8.00. The summed E-state index contributed by atoms with van der Waals surface area (Å²) in [4.78, 5) is 25.9. The minimum Gasteiger partial charge on any atom is -0.393 e. The molecule has 4 saturated carbocycles. The Labute approximate surface area is 143 Å². The summed E-state index contributed by atoms with van der Waals surface area (Å²) in [7, 11) is 0. The van der Waals surface area contributed by atoms with Gasteiger partial charge in [0.2, 0.25) is 0 Å². The number of carbonyl (C=O) groups is 2. The summed E-state index contributed by atoms with van der Waals surface area (Å²) >= 11 is 6.46. The summed E-state index contributed by atoms with van der Waals surface area (Å²) in [5.41, 5.74) is -0.243. The quantitative estimate of drug-likeness (QED) is 0.689. The highest BCUT2D eigenvalue weighted by Gasteiger charge is 2.64. The molecule has 8 atom stereocenters. The Morgan fingerprint density at radius 2 is 1.87 bits per heavy atom. The van der Waals surface area contributed by atoms with E-state index in [4.69, 9.17) is 11.6 Å². The van der Waals surface area contributed by atoms with E-state index in [1.54, 1.807) is 0 Å². The first-order valence-electron chi connectivity index (χ1n) is 9.14. The second-order valence-corrected chi connectivity index (χ2v) is 9.75. The van der Waals surface area contributed by atoms with Crippen molar-refractivity contribution >= 4 is 23.2 Å². The lowest BCUT2D eigenvalue weighted by Crippen LogP contribution is -2.60. The van der Waals surface area contributed by atoms with E-state index in [1.807, 2.05) is 0 Å². The first-order chi connectivity index (χ1) is 10.8. The maximum Gasteiger partial charge on any atom is 0.141 e. The Hall–Kier alpha value is -0.410. The van der Waals surface area contributed by atoms with E-state index < -0.39 is 11.5 Å². The van der Waals surface area contributed by atoms with E-state index in [0.29, 0.717) is 24.5 Å². The lowest BCUT2D eigenvalue weighted by atomic mass is 9.44. The molecule has 4 fully saturated rings. The van der Waals surface area contributed by atoms with Crippen LogP contribution in [0.4, 0.5) is 0 Å². The highest BCUT2D eigenvalue weighted by molar-refractivity contribution is 6.20. The lowest BCUT2D eigenvalue weighted by Gasteiger charge is -2.58. The molecule has 0 aliphatic heterocycles.